The summed E-state index contributed by atoms with van der Waals surface area (Å²) in [6.07, 6.45) is 5.42. The predicted octanol–water partition coefficient (Wildman–Crippen LogP) is 4.54. The summed E-state index contributed by atoms with van der Waals surface area (Å²) >= 11 is 6.17. The smallest absolute Gasteiger partial charge is 0.261 e. The summed E-state index contributed by atoms with van der Waals surface area (Å²) in [5.41, 5.74) is 1.60. The summed E-state index contributed by atoms with van der Waals surface area (Å²) in [4.78, 5) is 22.5. The molecule has 0 radical (unpaired) electrons. The average molecular weight is 393 g/mol. The third-order valence-corrected chi connectivity index (χ3v) is 5.11. The van der Waals surface area contributed by atoms with Gasteiger partial charge in [-0.1, -0.05) is 55.8 Å². The van der Waals surface area contributed by atoms with Gasteiger partial charge in [0.05, 0.1) is 29.8 Å². The van der Waals surface area contributed by atoms with Crippen molar-refractivity contribution < 1.29 is 0 Å². The Hall–Kier alpha value is -2.92. The summed E-state index contributed by atoms with van der Waals surface area (Å²) in [5.74, 6) is 0.913. The molecule has 142 valence electrons. The summed E-state index contributed by atoms with van der Waals surface area (Å²) < 4.78 is 3.78. The summed E-state index contributed by atoms with van der Waals surface area (Å²) in [6.45, 7) is 4.69. The predicted molar refractivity (Wildman–Crippen MR) is 112 cm³/mol. The number of imidazole rings is 1. The highest BCUT2D eigenvalue weighted by atomic mass is 35.5. The molecule has 5 nitrogen and oxygen atoms in total. The standard InChI is InChI=1S/C22H21ClN4O/c1-15(2)20(26-11-10-24-14-26)21-25-19-12-17(23)8-9-18(19)22(28)27(21)13-16-6-4-3-5-7-16/h3-12,14-15,20H,13H2,1-2H3. The monoisotopic (exact) mass is 392 g/mol. The van der Waals surface area contributed by atoms with Crippen molar-refractivity contribution in [1.82, 2.24) is 19.1 Å². The number of hydrogen-bond donors (Lipinski definition) is 0. The van der Waals surface area contributed by atoms with E-state index < -0.39 is 0 Å². The van der Waals surface area contributed by atoms with Gasteiger partial charge in [0.2, 0.25) is 0 Å². The summed E-state index contributed by atoms with van der Waals surface area (Å²) in [6, 6.07) is 15.1. The van der Waals surface area contributed by atoms with E-state index in [2.05, 4.69) is 18.8 Å². The van der Waals surface area contributed by atoms with Crippen LogP contribution >= 0.6 is 11.6 Å². The van der Waals surface area contributed by atoms with Crippen molar-refractivity contribution in [3.8, 4) is 0 Å². The van der Waals surface area contributed by atoms with Crippen LogP contribution in [0.2, 0.25) is 5.02 Å². The van der Waals surface area contributed by atoms with Gasteiger partial charge >= 0.3 is 0 Å². The molecule has 0 fully saturated rings. The van der Waals surface area contributed by atoms with Crippen LogP contribution in [-0.2, 0) is 6.54 Å². The van der Waals surface area contributed by atoms with E-state index in [-0.39, 0.29) is 17.5 Å². The zero-order valence-corrected chi connectivity index (χ0v) is 16.5. The molecule has 2 aromatic heterocycles. The second-order valence-corrected chi connectivity index (χ2v) is 7.64. The molecular weight excluding hydrogens is 372 g/mol. The first-order valence-corrected chi connectivity index (χ1v) is 9.64. The minimum absolute atomic E-state index is 0.0636. The Morgan fingerprint density at radius 3 is 2.57 bits per heavy atom. The molecule has 0 saturated carbocycles. The van der Waals surface area contributed by atoms with Crippen LogP contribution in [0.3, 0.4) is 0 Å². The van der Waals surface area contributed by atoms with Gasteiger partial charge in [0.15, 0.2) is 0 Å². The van der Waals surface area contributed by atoms with Gasteiger partial charge in [-0.05, 0) is 29.7 Å². The molecule has 4 aromatic rings. The normalized spacial score (nSPS) is 12.6. The Kier molecular flexibility index (Phi) is 5.01. The van der Waals surface area contributed by atoms with Gasteiger partial charge in [-0.3, -0.25) is 9.36 Å². The van der Waals surface area contributed by atoms with Gasteiger partial charge in [-0.25, -0.2) is 9.97 Å². The molecular formula is C22H21ClN4O. The maximum atomic E-state index is 13.4. The SMILES string of the molecule is CC(C)C(c1nc2cc(Cl)ccc2c(=O)n1Cc1ccccc1)n1ccnc1. The van der Waals surface area contributed by atoms with Gasteiger partial charge < -0.3 is 4.57 Å². The fourth-order valence-corrected chi connectivity index (χ4v) is 3.73. The quantitative estimate of drug-likeness (QED) is 0.501. The first-order valence-electron chi connectivity index (χ1n) is 9.26. The number of nitrogens with zero attached hydrogens (tertiary/aromatic N) is 4. The first-order chi connectivity index (χ1) is 13.5. The first kappa shape index (κ1) is 18.4. The van der Waals surface area contributed by atoms with E-state index in [0.717, 1.165) is 5.56 Å². The molecule has 6 heteroatoms. The van der Waals surface area contributed by atoms with Gasteiger partial charge in [0, 0.05) is 17.4 Å². The Bertz CT molecular complexity index is 1150. The summed E-state index contributed by atoms with van der Waals surface area (Å²) in [7, 11) is 0. The third kappa shape index (κ3) is 3.45. The highest BCUT2D eigenvalue weighted by Gasteiger charge is 2.24. The second-order valence-electron chi connectivity index (χ2n) is 7.21. The van der Waals surface area contributed by atoms with E-state index in [4.69, 9.17) is 16.6 Å². The largest absolute Gasteiger partial charge is 0.327 e. The molecule has 2 aromatic carbocycles. The summed E-state index contributed by atoms with van der Waals surface area (Å²) in [5, 5.41) is 1.13. The second kappa shape index (κ2) is 7.60. The molecule has 2 heterocycles. The van der Waals surface area contributed by atoms with E-state index in [0.29, 0.717) is 28.3 Å². The lowest BCUT2D eigenvalue weighted by atomic mass is 10.0. The van der Waals surface area contributed by atoms with Gasteiger partial charge in [-0.2, -0.15) is 0 Å². The molecule has 0 saturated heterocycles. The van der Waals surface area contributed by atoms with Gasteiger partial charge in [0.25, 0.3) is 5.56 Å². The number of benzene rings is 2. The topological polar surface area (TPSA) is 52.7 Å². The van der Waals surface area contributed by atoms with Crippen LogP contribution in [0.1, 0.15) is 31.3 Å². The lowest BCUT2D eigenvalue weighted by Gasteiger charge is -2.25. The van der Waals surface area contributed by atoms with Crippen molar-refractivity contribution in [3.05, 3.63) is 94.0 Å². The molecule has 0 aliphatic heterocycles. The van der Waals surface area contributed by atoms with Crippen molar-refractivity contribution in [1.29, 1.82) is 0 Å². The number of fused-ring (bicyclic) bond motifs is 1. The van der Waals surface area contributed by atoms with Crippen molar-refractivity contribution in [2.24, 2.45) is 5.92 Å². The molecule has 0 amide bonds. The average Bonchev–Trinajstić information content (AvgIpc) is 3.19. The van der Waals surface area contributed by atoms with Crippen LogP contribution in [0.4, 0.5) is 0 Å². The van der Waals surface area contributed by atoms with E-state index in [1.807, 2.05) is 41.1 Å². The molecule has 0 bridgehead atoms. The van der Waals surface area contributed by atoms with Crippen LogP contribution < -0.4 is 5.56 Å². The molecule has 4 rings (SSSR count). The van der Waals surface area contributed by atoms with E-state index in [1.54, 1.807) is 35.3 Å². The zero-order chi connectivity index (χ0) is 19.7. The number of rotatable bonds is 5. The number of aromatic nitrogens is 4. The fraction of sp³-hybridized carbons (Fsp3) is 0.227. The highest BCUT2D eigenvalue weighted by Crippen LogP contribution is 2.26. The maximum Gasteiger partial charge on any atom is 0.261 e. The van der Waals surface area contributed by atoms with Crippen LogP contribution in [0.5, 0.6) is 0 Å². The molecule has 0 aliphatic rings. The Labute approximate surface area is 168 Å². The minimum atomic E-state index is -0.123. The highest BCUT2D eigenvalue weighted by molar-refractivity contribution is 6.31. The number of halogens is 1. The van der Waals surface area contributed by atoms with Crippen molar-refractivity contribution in [2.45, 2.75) is 26.4 Å². The lowest BCUT2D eigenvalue weighted by molar-refractivity contribution is 0.398. The van der Waals surface area contributed by atoms with Crippen molar-refractivity contribution >= 4 is 22.5 Å². The molecule has 0 N–H and O–H groups in total. The zero-order valence-electron chi connectivity index (χ0n) is 15.8. The number of hydrogen-bond acceptors (Lipinski definition) is 3. The minimum Gasteiger partial charge on any atom is -0.327 e. The Morgan fingerprint density at radius 1 is 1.11 bits per heavy atom. The lowest BCUT2D eigenvalue weighted by Crippen LogP contribution is -2.31. The maximum absolute atomic E-state index is 13.4. The van der Waals surface area contributed by atoms with E-state index in [1.165, 1.54) is 0 Å². The van der Waals surface area contributed by atoms with Crippen LogP contribution in [-0.4, -0.2) is 19.1 Å². The van der Waals surface area contributed by atoms with Crippen LogP contribution in [0.15, 0.2) is 72.0 Å². The van der Waals surface area contributed by atoms with E-state index >= 15 is 0 Å². The molecule has 1 unspecified atom stereocenters. The Balaban J connectivity index is 1.99. The van der Waals surface area contributed by atoms with Crippen molar-refractivity contribution in [2.75, 3.05) is 0 Å². The molecule has 0 aliphatic carbocycles. The van der Waals surface area contributed by atoms with E-state index in [9.17, 15) is 4.79 Å². The molecule has 28 heavy (non-hydrogen) atoms. The third-order valence-electron chi connectivity index (χ3n) is 4.87. The van der Waals surface area contributed by atoms with Gasteiger partial charge in [-0.15, -0.1) is 0 Å². The fourth-order valence-electron chi connectivity index (χ4n) is 3.57. The Morgan fingerprint density at radius 2 is 1.89 bits per heavy atom. The van der Waals surface area contributed by atoms with Crippen LogP contribution in [0.25, 0.3) is 10.9 Å². The van der Waals surface area contributed by atoms with Crippen LogP contribution in [0, 0.1) is 5.92 Å². The van der Waals surface area contributed by atoms with Crippen molar-refractivity contribution in [3.63, 3.8) is 0 Å². The molecule has 0 spiro atoms. The van der Waals surface area contributed by atoms with Gasteiger partial charge in [0.1, 0.15) is 5.82 Å². The molecule has 1 atom stereocenters.